The summed E-state index contributed by atoms with van der Waals surface area (Å²) in [5, 5.41) is 4.44. The van der Waals surface area contributed by atoms with Gasteiger partial charge in [0.15, 0.2) is 5.82 Å². The highest BCUT2D eigenvalue weighted by Gasteiger charge is 2.29. The molecule has 1 aliphatic heterocycles. The summed E-state index contributed by atoms with van der Waals surface area (Å²) >= 11 is 0. The molecule has 1 aliphatic rings. The van der Waals surface area contributed by atoms with Crippen LogP contribution in [0.1, 0.15) is 22.8 Å². The molecule has 3 aromatic heterocycles. The molecule has 1 aromatic carbocycles. The Hall–Kier alpha value is -3.29. The van der Waals surface area contributed by atoms with Crippen LogP contribution in [0.4, 0.5) is 5.95 Å². The van der Waals surface area contributed by atoms with Gasteiger partial charge in [0.2, 0.25) is 11.9 Å². The van der Waals surface area contributed by atoms with Crippen LogP contribution in [-0.2, 0) is 17.8 Å². The summed E-state index contributed by atoms with van der Waals surface area (Å²) in [6.45, 7) is 7.28. The van der Waals surface area contributed by atoms with Crippen molar-refractivity contribution in [3.05, 3.63) is 47.0 Å². The fourth-order valence-corrected chi connectivity index (χ4v) is 3.70. The fraction of sp³-hybridized carbons (Fsp3) is 0.316. The molecule has 0 spiro atoms. The summed E-state index contributed by atoms with van der Waals surface area (Å²) < 4.78 is 3.77. The lowest BCUT2D eigenvalue weighted by atomic mass is 10.2. The first kappa shape index (κ1) is 15.9. The van der Waals surface area contributed by atoms with E-state index in [9.17, 15) is 4.79 Å². The molecular formula is C19H19N7O. The molecule has 8 heteroatoms. The average Bonchev–Trinajstić information content (AvgIpc) is 3.27. The molecule has 4 aromatic rings. The van der Waals surface area contributed by atoms with Crippen molar-refractivity contribution in [1.29, 1.82) is 0 Å². The molecular weight excluding hydrogens is 342 g/mol. The first-order chi connectivity index (χ1) is 13.0. The Kier molecular flexibility index (Phi) is 3.30. The van der Waals surface area contributed by atoms with Gasteiger partial charge in [0.05, 0.1) is 17.5 Å². The highest BCUT2D eigenvalue weighted by molar-refractivity contribution is 5.95. The van der Waals surface area contributed by atoms with Crippen molar-refractivity contribution in [2.75, 3.05) is 11.4 Å². The predicted octanol–water partition coefficient (Wildman–Crippen LogP) is 1.99. The van der Waals surface area contributed by atoms with Crippen molar-refractivity contribution in [2.24, 2.45) is 0 Å². The lowest BCUT2D eigenvalue weighted by Crippen LogP contribution is -2.31. The quantitative estimate of drug-likeness (QED) is 0.545. The van der Waals surface area contributed by atoms with E-state index >= 15 is 0 Å². The van der Waals surface area contributed by atoms with E-state index in [1.807, 2.05) is 32.9 Å². The number of fused-ring (bicyclic) bond motifs is 4. The number of rotatable bonds is 2. The molecule has 0 atom stereocenters. The second-order valence-corrected chi connectivity index (χ2v) is 7.06. The number of aryl methyl sites for hydroxylation is 3. The topological polar surface area (TPSA) is 81.2 Å². The molecule has 4 heterocycles. The maximum Gasteiger partial charge on any atom is 0.252 e. The molecule has 5 rings (SSSR count). The lowest BCUT2D eigenvalue weighted by Gasteiger charge is -2.12. The maximum absolute atomic E-state index is 12.9. The number of hydrogen-bond donors (Lipinski definition) is 0. The van der Waals surface area contributed by atoms with Crippen LogP contribution in [0.15, 0.2) is 24.3 Å². The van der Waals surface area contributed by atoms with Gasteiger partial charge in [0.25, 0.3) is 5.78 Å². The van der Waals surface area contributed by atoms with Gasteiger partial charge in [-0.1, -0.05) is 6.07 Å². The second kappa shape index (κ2) is 5.60. The monoisotopic (exact) mass is 361 g/mol. The first-order valence-electron chi connectivity index (χ1n) is 8.97. The summed E-state index contributed by atoms with van der Waals surface area (Å²) in [5.74, 6) is 1.66. The van der Waals surface area contributed by atoms with Gasteiger partial charge >= 0.3 is 0 Å². The highest BCUT2D eigenvalue weighted by Crippen LogP contribution is 2.28. The van der Waals surface area contributed by atoms with Crippen molar-refractivity contribution in [3.8, 4) is 0 Å². The number of amides is 1. The van der Waals surface area contributed by atoms with Crippen molar-refractivity contribution >= 4 is 28.7 Å². The van der Waals surface area contributed by atoms with Crippen LogP contribution in [0.25, 0.3) is 16.8 Å². The Bertz CT molecular complexity index is 1220. The van der Waals surface area contributed by atoms with Crippen LogP contribution in [-0.4, -0.2) is 41.6 Å². The summed E-state index contributed by atoms with van der Waals surface area (Å²) in [7, 11) is 0. The predicted molar refractivity (Wildman–Crippen MR) is 101 cm³/mol. The Morgan fingerprint density at radius 2 is 1.93 bits per heavy atom. The summed E-state index contributed by atoms with van der Waals surface area (Å²) in [4.78, 5) is 28.1. The molecule has 0 radical (unpaired) electrons. The van der Waals surface area contributed by atoms with Gasteiger partial charge in [-0.15, -0.1) is 5.10 Å². The third-order valence-electron chi connectivity index (χ3n) is 4.94. The SMILES string of the molecule is Cc1ccc2c(c1)nc1n2CCN1C(=O)Cc1nc2nc(C)cc(C)n2n1. The minimum Gasteiger partial charge on any atom is -0.308 e. The zero-order valence-electron chi connectivity index (χ0n) is 15.5. The maximum atomic E-state index is 12.9. The zero-order chi connectivity index (χ0) is 18.7. The van der Waals surface area contributed by atoms with Gasteiger partial charge in [-0.25, -0.2) is 14.5 Å². The molecule has 0 N–H and O–H groups in total. The van der Waals surface area contributed by atoms with E-state index in [0.29, 0.717) is 24.1 Å². The number of aromatic nitrogens is 6. The number of carbonyl (C=O) groups excluding carboxylic acids is 1. The van der Waals surface area contributed by atoms with Crippen molar-refractivity contribution in [1.82, 2.24) is 29.1 Å². The van der Waals surface area contributed by atoms with Gasteiger partial charge in [0, 0.05) is 24.5 Å². The average molecular weight is 361 g/mol. The third-order valence-corrected chi connectivity index (χ3v) is 4.94. The number of anilines is 1. The number of benzene rings is 1. The molecule has 136 valence electrons. The van der Waals surface area contributed by atoms with Crippen LogP contribution in [0, 0.1) is 20.8 Å². The molecule has 1 amide bonds. The van der Waals surface area contributed by atoms with Gasteiger partial charge in [-0.05, 0) is 44.5 Å². The van der Waals surface area contributed by atoms with E-state index in [4.69, 9.17) is 0 Å². The first-order valence-corrected chi connectivity index (χ1v) is 8.97. The van der Waals surface area contributed by atoms with E-state index in [1.54, 1.807) is 9.42 Å². The number of imidazole rings is 1. The largest absolute Gasteiger partial charge is 0.308 e. The Morgan fingerprint density at radius 3 is 2.78 bits per heavy atom. The van der Waals surface area contributed by atoms with E-state index in [2.05, 4.69) is 36.8 Å². The number of carbonyl (C=O) groups is 1. The van der Waals surface area contributed by atoms with Crippen molar-refractivity contribution < 1.29 is 4.79 Å². The van der Waals surface area contributed by atoms with Crippen LogP contribution >= 0.6 is 0 Å². The lowest BCUT2D eigenvalue weighted by molar-refractivity contribution is -0.118. The van der Waals surface area contributed by atoms with Gasteiger partial charge in [-0.3, -0.25) is 9.69 Å². The van der Waals surface area contributed by atoms with Crippen molar-refractivity contribution in [3.63, 3.8) is 0 Å². The minimum atomic E-state index is -0.0499. The number of hydrogen-bond acceptors (Lipinski definition) is 5. The number of nitrogens with zero attached hydrogens (tertiary/aromatic N) is 7. The van der Waals surface area contributed by atoms with Crippen LogP contribution in [0.3, 0.4) is 0 Å². The van der Waals surface area contributed by atoms with Crippen LogP contribution in [0.5, 0.6) is 0 Å². The molecule has 0 bridgehead atoms. The Balaban J connectivity index is 1.46. The van der Waals surface area contributed by atoms with Crippen molar-refractivity contribution in [2.45, 2.75) is 33.7 Å². The summed E-state index contributed by atoms with van der Waals surface area (Å²) in [5.41, 5.74) is 4.97. The van der Waals surface area contributed by atoms with Crippen LogP contribution < -0.4 is 4.90 Å². The summed E-state index contributed by atoms with van der Waals surface area (Å²) in [6, 6.07) is 8.12. The molecule has 0 unspecified atom stereocenters. The fourth-order valence-electron chi connectivity index (χ4n) is 3.70. The molecule has 27 heavy (non-hydrogen) atoms. The Labute approximate surface area is 155 Å². The molecule has 0 saturated heterocycles. The minimum absolute atomic E-state index is 0.0499. The van der Waals surface area contributed by atoms with Gasteiger partial charge in [-0.2, -0.15) is 4.98 Å². The van der Waals surface area contributed by atoms with Crippen LogP contribution in [0.2, 0.25) is 0 Å². The molecule has 0 aliphatic carbocycles. The molecule has 8 nitrogen and oxygen atoms in total. The highest BCUT2D eigenvalue weighted by atomic mass is 16.2. The molecule has 0 fully saturated rings. The van der Waals surface area contributed by atoms with E-state index < -0.39 is 0 Å². The van der Waals surface area contributed by atoms with E-state index in [1.165, 1.54) is 0 Å². The third kappa shape index (κ3) is 2.48. The molecule has 0 saturated carbocycles. The Morgan fingerprint density at radius 1 is 1.07 bits per heavy atom. The normalized spacial score (nSPS) is 13.7. The summed E-state index contributed by atoms with van der Waals surface area (Å²) in [6.07, 6.45) is 0.129. The zero-order valence-corrected chi connectivity index (χ0v) is 15.5. The van der Waals surface area contributed by atoms with Gasteiger partial charge in [0.1, 0.15) is 0 Å². The second-order valence-electron chi connectivity index (χ2n) is 7.06. The smallest absolute Gasteiger partial charge is 0.252 e. The standard InChI is InChI=1S/C19H19N7O/c1-11-4-5-15-14(8-11)21-19-24(15)6-7-25(19)17(27)10-16-22-18-20-12(2)9-13(3)26(18)23-16/h4-5,8-9H,6-7,10H2,1-3H3. The van der Waals surface area contributed by atoms with E-state index in [-0.39, 0.29) is 12.3 Å². The van der Waals surface area contributed by atoms with E-state index in [0.717, 1.165) is 34.5 Å². The van der Waals surface area contributed by atoms with Gasteiger partial charge < -0.3 is 4.57 Å².